The van der Waals surface area contributed by atoms with Crippen molar-refractivity contribution in [3.63, 3.8) is 0 Å². The number of carbonyl (C=O) groups excluding carboxylic acids is 2. The molecule has 2 rings (SSSR count). The molecule has 0 spiro atoms. The predicted molar refractivity (Wildman–Crippen MR) is 109 cm³/mol. The van der Waals surface area contributed by atoms with Gasteiger partial charge in [-0.05, 0) is 44.7 Å². The zero-order valence-electron chi connectivity index (χ0n) is 16.9. The zero-order chi connectivity index (χ0) is 20.5. The number of amides is 1. The highest BCUT2D eigenvalue weighted by Crippen LogP contribution is 2.32. The van der Waals surface area contributed by atoms with Gasteiger partial charge in [-0.15, -0.1) is 0 Å². The van der Waals surface area contributed by atoms with E-state index in [2.05, 4.69) is 5.32 Å². The Morgan fingerprint density at radius 2 is 1.93 bits per heavy atom. The maximum absolute atomic E-state index is 12.4. The van der Waals surface area contributed by atoms with Crippen LogP contribution in [0.3, 0.4) is 0 Å². The number of likely N-dealkylation sites (tertiary alicyclic amines) is 1. The number of piperidine rings is 1. The van der Waals surface area contributed by atoms with E-state index in [0.717, 1.165) is 12.0 Å². The quantitative estimate of drug-likeness (QED) is 0.500. The summed E-state index contributed by atoms with van der Waals surface area (Å²) >= 11 is 6.31. The van der Waals surface area contributed by atoms with Gasteiger partial charge in [-0.25, -0.2) is 4.79 Å². The van der Waals surface area contributed by atoms with Gasteiger partial charge in [0.15, 0.2) is 0 Å². The molecular weight excluding hydrogens is 380 g/mol. The maximum atomic E-state index is 12.4. The van der Waals surface area contributed by atoms with Crippen LogP contribution in [-0.4, -0.2) is 56.2 Å². The average Bonchev–Trinajstić information content (AvgIpc) is 2.69. The molecular formula is C21H31ClN2O4. The van der Waals surface area contributed by atoms with Crippen LogP contribution in [0.15, 0.2) is 24.3 Å². The van der Waals surface area contributed by atoms with Gasteiger partial charge in [0.1, 0.15) is 6.04 Å². The molecule has 1 atom stereocenters. The molecule has 0 saturated carbocycles. The van der Waals surface area contributed by atoms with Crippen molar-refractivity contribution in [3.05, 3.63) is 34.9 Å². The molecule has 1 unspecified atom stereocenters. The number of nitrogens with one attached hydrogen (secondary N) is 1. The van der Waals surface area contributed by atoms with Crippen molar-refractivity contribution < 1.29 is 19.1 Å². The van der Waals surface area contributed by atoms with Gasteiger partial charge in [-0.2, -0.15) is 0 Å². The minimum absolute atomic E-state index is 0.0354. The first-order valence-electron chi connectivity index (χ1n) is 9.89. The summed E-state index contributed by atoms with van der Waals surface area (Å²) in [5, 5.41) is 3.54. The van der Waals surface area contributed by atoms with Gasteiger partial charge in [0, 0.05) is 37.2 Å². The highest BCUT2D eigenvalue weighted by molar-refractivity contribution is 6.31. The third-order valence-electron chi connectivity index (χ3n) is 4.96. The highest BCUT2D eigenvalue weighted by atomic mass is 35.5. The van der Waals surface area contributed by atoms with E-state index in [9.17, 15) is 9.59 Å². The molecule has 1 aliphatic rings. The number of methoxy groups -OCH3 is 1. The van der Waals surface area contributed by atoms with E-state index in [1.807, 2.05) is 36.9 Å². The van der Waals surface area contributed by atoms with Gasteiger partial charge in [0.2, 0.25) is 5.91 Å². The van der Waals surface area contributed by atoms with Gasteiger partial charge >= 0.3 is 5.97 Å². The van der Waals surface area contributed by atoms with E-state index < -0.39 is 6.04 Å². The second-order valence-corrected chi connectivity index (χ2v) is 7.73. The summed E-state index contributed by atoms with van der Waals surface area (Å²) in [5.41, 5.74) is 0.740. The minimum Gasteiger partial charge on any atom is -0.468 e. The van der Waals surface area contributed by atoms with Crippen molar-refractivity contribution in [1.82, 2.24) is 10.2 Å². The number of rotatable bonds is 9. The monoisotopic (exact) mass is 410 g/mol. The first-order valence-corrected chi connectivity index (χ1v) is 10.3. The zero-order valence-corrected chi connectivity index (χ0v) is 17.7. The van der Waals surface area contributed by atoms with Crippen LogP contribution >= 0.6 is 11.6 Å². The lowest BCUT2D eigenvalue weighted by Gasteiger charge is -2.36. The van der Waals surface area contributed by atoms with Crippen molar-refractivity contribution in [2.24, 2.45) is 5.92 Å². The lowest BCUT2D eigenvalue weighted by molar-refractivity contribution is -0.148. The number of hydrogen-bond donors (Lipinski definition) is 1. The number of benzene rings is 1. The van der Waals surface area contributed by atoms with E-state index in [1.54, 1.807) is 6.07 Å². The van der Waals surface area contributed by atoms with Crippen LogP contribution in [0.25, 0.3) is 0 Å². The fraction of sp³-hybridized carbons (Fsp3) is 0.619. The minimum atomic E-state index is -0.545. The number of nitrogens with zero attached hydrogens (tertiary/aromatic N) is 1. The fourth-order valence-corrected chi connectivity index (χ4v) is 3.69. The van der Waals surface area contributed by atoms with Gasteiger partial charge in [0.05, 0.1) is 13.2 Å². The Kier molecular flexibility index (Phi) is 9.22. The Bertz CT molecular complexity index is 645. The van der Waals surface area contributed by atoms with Crippen LogP contribution in [0.5, 0.6) is 0 Å². The summed E-state index contributed by atoms with van der Waals surface area (Å²) in [4.78, 5) is 26.9. The molecule has 1 saturated heterocycles. The van der Waals surface area contributed by atoms with E-state index in [0.29, 0.717) is 44.1 Å². The second-order valence-electron chi connectivity index (χ2n) is 7.32. The molecule has 28 heavy (non-hydrogen) atoms. The summed E-state index contributed by atoms with van der Waals surface area (Å²) in [5.74, 6) is -0.287. The summed E-state index contributed by atoms with van der Waals surface area (Å²) < 4.78 is 10.5. The summed E-state index contributed by atoms with van der Waals surface area (Å²) in [6, 6.07) is 6.78. The number of hydrogen-bond acceptors (Lipinski definition) is 5. The third-order valence-corrected chi connectivity index (χ3v) is 5.31. The molecule has 1 N–H and O–H groups in total. The number of ether oxygens (including phenoxy) is 2. The van der Waals surface area contributed by atoms with Crippen LogP contribution in [0, 0.1) is 5.92 Å². The largest absolute Gasteiger partial charge is 0.468 e. The second kappa shape index (κ2) is 11.4. The van der Waals surface area contributed by atoms with Gasteiger partial charge in [-0.1, -0.05) is 29.8 Å². The Morgan fingerprint density at radius 3 is 2.54 bits per heavy atom. The van der Waals surface area contributed by atoms with Crippen LogP contribution < -0.4 is 5.32 Å². The molecule has 6 nitrogen and oxygen atoms in total. The van der Waals surface area contributed by atoms with Crippen LogP contribution in [0.2, 0.25) is 5.02 Å². The Balaban J connectivity index is 1.87. The summed E-state index contributed by atoms with van der Waals surface area (Å²) in [6.07, 6.45) is 2.42. The fourth-order valence-electron chi connectivity index (χ4n) is 3.45. The van der Waals surface area contributed by atoms with Crippen molar-refractivity contribution >= 4 is 23.5 Å². The molecule has 0 bridgehead atoms. The molecule has 1 heterocycles. The molecule has 1 fully saturated rings. The van der Waals surface area contributed by atoms with E-state index in [4.69, 9.17) is 21.1 Å². The first-order chi connectivity index (χ1) is 13.4. The third kappa shape index (κ3) is 6.47. The molecule has 1 aliphatic heterocycles. The van der Waals surface area contributed by atoms with Crippen LogP contribution in [0.4, 0.5) is 0 Å². The lowest BCUT2D eigenvalue weighted by atomic mass is 9.93. The molecule has 1 aromatic rings. The number of halogens is 1. The molecule has 156 valence electrons. The highest BCUT2D eigenvalue weighted by Gasteiger charge is 2.34. The molecule has 1 amide bonds. The van der Waals surface area contributed by atoms with Crippen molar-refractivity contribution in [1.29, 1.82) is 0 Å². The lowest BCUT2D eigenvalue weighted by Crippen LogP contribution is -2.44. The molecule has 0 aromatic heterocycles. The topological polar surface area (TPSA) is 67.9 Å². The number of carbonyl (C=O) groups is 2. The number of esters is 1. The Hall–Kier alpha value is -1.63. The van der Waals surface area contributed by atoms with Crippen molar-refractivity contribution in [2.75, 3.05) is 33.4 Å². The molecule has 1 aromatic carbocycles. The Morgan fingerprint density at radius 1 is 1.25 bits per heavy atom. The average molecular weight is 411 g/mol. The SMILES string of the molecule is COC(=O)C(c1ccccc1Cl)N1CCC(C(=O)NCCCOC(C)C)CC1. The summed E-state index contributed by atoms with van der Waals surface area (Å²) in [6.45, 7) is 6.54. The standard InChI is InChI=1S/C21H31ClN2O4/c1-15(2)28-14-6-11-23-20(25)16-9-12-24(13-10-16)19(21(26)27-3)17-7-4-5-8-18(17)22/h4-5,7-8,15-16,19H,6,9-14H2,1-3H3,(H,23,25). The predicted octanol–water partition coefficient (Wildman–Crippen LogP) is 3.20. The molecule has 0 aliphatic carbocycles. The molecule has 7 heteroatoms. The van der Waals surface area contributed by atoms with Gasteiger partial charge in [-0.3, -0.25) is 9.69 Å². The van der Waals surface area contributed by atoms with Crippen LogP contribution in [0.1, 0.15) is 44.7 Å². The Labute approximate surface area is 172 Å². The van der Waals surface area contributed by atoms with Crippen molar-refractivity contribution in [3.8, 4) is 0 Å². The van der Waals surface area contributed by atoms with Gasteiger partial charge in [0.25, 0.3) is 0 Å². The van der Waals surface area contributed by atoms with E-state index in [-0.39, 0.29) is 23.9 Å². The summed E-state index contributed by atoms with van der Waals surface area (Å²) in [7, 11) is 1.38. The first kappa shape index (κ1) is 22.7. The van der Waals surface area contributed by atoms with Crippen molar-refractivity contribution in [2.45, 2.75) is 45.3 Å². The van der Waals surface area contributed by atoms with Gasteiger partial charge < -0.3 is 14.8 Å². The maximum Gasteiger partial charge on any atom is 0.327 e. The van der Waals surface area contributed by atoms with E-state index >= 15 is 0 Å². The molecule has 0 radical (unpaired) electrons. The van der Waals surface area contributed by atoms with Crippen LogP contribution in [-0.2, 0) is 19.1 Å². The smallest absolute Gasteiger partial charge is 0.327 e. The normalized spacial score (nSPS) is 16.8. The van der Waals surface area contributed by atoms with E-state index in [1.165, 1.54) is 7.11 Å².